The standard InChI is InChI=1S/C24H32N4O5/c1-15-26-17-10-8-9-16(25-14-7-5-6-11-20(30)33-24(2,3)4)21(17)23(32)28(15)18-12-13-19(29)27-22(18)31/h8-10,18,25H,5-7,11-14H2,1-4H3,(H,27,29,31). The Bertz CT molecular complexity index is 1120. The number of carbonyl (C=O) groups is 3. The van der Waals surface area contributed by atoms with E-state index in [2.05, 4.69) is 15.6 Å². The van der Waals surface area contributed by atoms with Gasteiger partial charge in [0, 0.05) is 25.1 Å². The molecule has 1 aromatic heterocycles. The lowest BCUT2D eigenvalue weighted by atomic mass is 10.1. The molecular weight excluding hydrogens is 424 g/mol. The second-order valence-corrected chi connectivity index (χ2v) is 9.32. The van der Waals surface area contributed by atoms with Crippen molar-refractivity contribution in [2.75, 3.05) is 11.9 Å². The number of rotatable bonds is 8. The van der Waals surface area contributed by atoms with Crippen molar-refractivity contribution in [3.63, 3.8) is 0 Å². The van der Waals surface area contributed by atoms with Gasteiger partial charge in [0.1, 0.15) is 17.5 Å². The number of esters is 1. The summed E-state index contributed by atoms with van der Waals surface area (Å²) in [5.74, 6) is -0.570. The van der Waals surface area contributed by atoms with Crippen molar-refractivity contribution in [1.29, 1.82) is 0 Å². The van der Waals surface area contributed by atoms with Gasteiger partial charge in [-0.25, -0.2) is 4.98 Å². The van der Waals surface area contributed by atoms with E-state index in [1.807, 2.05) is 32.9 Å². The molecule has 0 bridgehead atoms. The molecule has 1 atom stereocenters. The van der Waals surface area contributed by atoms with Gasteiger partial charge in [-0.2, -0.15) is 0 Å². The molecule has 2 aromatic rings. The van der Waals surface area contributed by atoms with E-state index in [-0.39, 0.29) is 30.3 Å². The first-order chi connectivity index (χ1) is 15.6. The zero-order valence-corrected chi connectivity index (χ0v) is 19.7. The maximum atomic E-state index is 13.4. The fourth-order valence-electron chi connectivity index (χ4n) is 3.98. The molecule has 178 valence electrons. The monoisotopic (exact) mass is 456 g/mol. The van der Waals surface area contributed by atoms with Gasteiger partial charge < -0.3 is 10.1 Å². The van der Waals surface area contributed by atoms with Gasteiger partial charge in [0.25, 0.3) is 5.56 Å². The molecular formula is C24H32N4O5. The number of aromatic nitrogens is 2. The third-order valence-electron chi connectivity index (χ3n) is 5.42. The van der Waals surface area contributed by atoms with Gasteiger partial charge in [0.15, 0.2) is 0 Å². The van der Waals surface area contributed by atoms with E-state index < -0.39 is 17.6 Å². The van der Waals surface area contributed by atoms with Crippen molar-refractivity contribution in [2.24, 2.45) is 0 Å². The van der Waals surface area contributed by atoms with E-state index in [0.717, 1.165) is 19.3 Å². The van der Waals surface area contributed by atoms with E-state index >= 15 is 0 Å². The minimum Gasteiger partial charge on any atom is -0.460 e. The van der Waals surface area contributed by atoms with Crippen LogP contribution in [0.25, 0.3) is 10.9 Å². The minimum absolute atomic E-state index is 0.184. The number of hydrogen-bond donors (Lipinski definition) is 2. The normalized spacial score (nSPS) is 16.5. The average molecular weight is 457 g/mol. The molecule has 0 radical (unpaired) electrons. The summed E-state index contributed by atoms with van der Waals surface area (Å²) < 4.78 is 6.70. The summed E-state index contributed by atoms with van der Waals surface area (Å²) in [7, 11) is 0. The Labute approximate surface area is 192 Å². The summed E-state index contributed by atoms with van der Waals surface area (Å²) in [6.45, 7) is 7.87. The number of aryl methyl sites for hydroxylation is 1. The second-order valence-electron chi connectivity index (χ2n) is 9.32. The summed E-state index contributed by atoms with van der Waals surface area (Å²) in [5, 5.41) is 6.02. The van der Waals surface area contributed by atoms with Gasteiger partial charge in [0.05, 0.1) is 10.9 Å². The Kier molecular flexibility index (Phi) is 7.50. The van der Waals surface area contributed by atoms with Crippen molar-refractivity contribution in [3.05, 3.63) is 34.4 Å². The molecule has 1 aromatic carbocycles. The van der Waals surface area contributed by atoms with E-state index in [4.69, 9.17) is 4.74 Å². The molecule has 1 unspecified atom stereocenters. The molecule has 0 aliphatic carbocycles. The van der Waals surface area contributed by atoms with Crippen LogP contribution in [0.5, 0.6) is 0 Å². The molecule has 1 fully saturated rings. The smallest absolute Gasteiger partial charge is 0.306 e. The molecule has 1 saturated heterocycles. The van der Waals surface area contributed by atoms with Crippen molar-refractivity contribution in [2.45, 2.75) is 77.9 Å². The first-order valence-corrected chi connectivity index (χ1v) is 11.4. The fraction of sp³-hybridized carbons (Fsp3) is 0.542. The molecule has 9 nitrogen and oxygen atoms in total. The topological polar surface area (TPSA) is 119 Å². The molecule has 0 saturated carbocycles. The lowest BCUT2D eigenvalue weighted by molar-refractivity contribution is -0.155. The van der Waals surface area contributed by atoms with Gasteiger partial charge >= 0.3 is 5.97 Å². The lowest BCUT2D eigenvalue weighted by Gasteiger charge is -2.24. The van der Waals surface area contributed by atoms with Crippen LogP contribution >= 0.6 is 0 Å². The number of piperidine rings is 1. The maximum Gasteiger partial charge on any atom is 0.306 e. The Morgan fingerprint density at radius 1 is 1.21 bits per heavy atom. The highest BCUT2D eigenvalue weighted by atomic mass is 16.6. The predicted molar refractivity (Wildman–Crippen MR) is 125 cm³/mol. The molecule has 2 heterocycles. The molecule has 3 rings (SSSR count). The number of imide groups is 1. The second kappa shape index (κ2) is 10.1. The van der Waals surface area contributed by atoms with Gasteiger partial charge in [-0.15, -0.1) is 0 Å². The quantitative estimate of drug-likeness (QED) is 0.356. The highest BCUT2D eigenvalue weighted by Gasteiger charge is 2.30. The Morgan fingerprint density at radius 2 is 1.97 bits per heavy atom. The fourth-order valence-corrected chi connectivity index (χ4v) is 3.98. The summed E-state index contributed by atoms with van der Waals surface area (Å²) in [6.07, 6.45) is 3.23. The van der Waals surface area contributed by atoms with E-state index in [9.17, 15) is 19.2 Å². The Balaban J connectivity index is 1.68. The van der Waals surface area contributed by atoms with E-state index in [1.54, 1.807) is 13.0 Å². The molecule has 33 heavy (non-hydrogen) atoms. The van der Waals surface area contributed by atoms with E-state index in [1.165, 1.54) is 4.57 Å². The molecule has 2 amide bonds. The van der Waals surface area contributed by atoms with Crippen molar-refractivity contribution in [1.82, 2.24) is 14.9 Å². The highest BCUT2D eigenvalue weighted by Crippen LogP contribution is 2.23. The predicted octanol–water partition coefficient (Wildman–Crippen LogP) is 3.00. The number of amides is 2. The Hall–Kier alpha value is -3.23. The number of ether oxygens (including phenoxy) is 1. The van der Waals surface area contributed by atoms with Gasteiger partial charge in [-0.3, -0.25) is 29.1 Å². The SMILES string of the molecule is Cc1nc2cccc(NCCCCCC(=O)OC(C)(C)C)c2c(=O)n1C1CCC(=O)NC1=O. The molecule has 9 heteroatoms. The maximum absolute atomic E-state index is 13.4. The summed E-state index contributed by atoms with van der Waals surface area (Å²) in [6, 6.07) is 4.66. The third-order valence-corrected chi connectivity index (χ3v) is 5.42. The van der Waals surface area contributed by atoms with Crippen LogP contribution in [0.2, 0.25) is 0 Å². The van der Waals surface area contributed by atoms with Crippen LogP contribution in [-0.4, -0.2) is 39.5 Å². The lowest BCUT2D eigenvalue weighted by Crippen LogP contribution is -2.45. The zero-order valence-electron chi connectivity index (χ0n) is 19.7. The first-order valence-electron chi connectivity index (χ1n) is 11.4. The molecule has 0 spiro atoms. The number of unbranched alkanes of at least 4 members (excludes halogenated alkanes) is 2. The van der Waals surface area contributed by atoms with Crippen molar-refractivity contribution in [3.8, 4) is 0 Å². The van der Waals surface area contributed by atoms with Crippen molar-refractivity contribution >= 4 is 34.4 Å². The largest absolute Gasteiger partial charge is 0.460 e. The summed E-state index contributed by atoms with van der Waals surface area (Å²) >= 11 is 0. The number of anilines is 1. The number of carbonyl (C=O) groups excluding carboxylic acids is 3. The van der Waals surface area contributed by atoms with Gasteiger partial charge in [-0.1, -0.05) is 12.5 Å². The number of nitrogens with one attached hydrogen (secondary N) is 2. The average Bonchev–Trinajstić information content (AvgIpc) is 2.70. The molecule has 1 aliphatic rings. The van der Waals surface area contributed by atoms with Crippen molar-refractivity contribution < 1.29 is 19.1 Å². The van der Waals surface area contributed by atoms with Crippen LogP contribution in [0.4, 0.5) is 5.69 Å². The van der Waals surface area contributed by atoms with Crippen LogP contribution in [0.15, 0.2) is 23.0 Å². The van der Waals surface area contributed by atoms with Gasteiger partial charge in [0.2, 0.25) is 11.8 Å². The Morgan fingerprint density at radius 3 is 2.67 bits per heavy atom. The molecule has 1 aliphatic heterocycles. The van der Waals surface area contributed by atoms with Crippen LogP contribution in [0.1, 0.15) is 71.2 Å². The summed E-state index contributed by atoms with van der Waals surface area (Å²) in [5.41, 5.74) is 0.425. The number of hydrogen-bond acceptors (Lipinski definition) is 7. The van der Waals surface area contributed by atoms with Crippen LogP contribution < -0.4 is 16.2 Å². The third kappa shape index (κ3) is 6.18. The van der Waals surface area contributed by atoms with Gasteiger partial charge in [-0.05, 0) is 59.1 Å². The molecule has 2 N–H and O–H groups in total. The number of nitrogens with zero attached hydrogens (tertiary/aromatic N) is 2. The van der Waals surface area contributed by atoms with Crippen LogP contribution in [0, 0.1) is 6.92 Å². The minimum atomic E-state index is -0.756. The number of benzene rings is 1. The first kappa shape index (κ1) is 24.4. The van der Waals surface area contributed by atoms with Crippen LogP contribution in [0.3, 0.4) is 0 Å². The summed E-state index contributed by atoms with van der Waals surface area (Å²) in [4.78, 5) is 53.6. The van der Waals surface area contributed by atoms with Crippen LogP contribution in [-0.2, 0) is 19.1 Å². The highest BCUT2D eigenvalue weighted by molar-refractivity contribution is 5.99. The zero-order chi connectivity index (χ0) is 24.2. The number of fused-ring (bicyclic) bond motifs is 1. The van der Waals surface area contributed by atoms with E-state index in [0.29, 0.717) is 35.4 Å².